The smallest absolute Gasteiger partial charge is 0.335 e. The molecule has 1 fully saturated rings. The predicted molar refractivity (Wildman–Crippen MR) is 133 cm³/mol. The van der Waals surface area contributed by atoms with Crippen LogP contribution < -0.4 is 19.1 Å². The van der Waals surface area contributed by atoms with Gasteiger partial charge in [0.05, 0.1) is 35.3 Å². The average Bonchev–Trinajstić information content (AvgIpc) is 3.63. The number of imidazole rings is 1. The minimum Gasteiger partial charge on any atom is -0.507 e. The monoisotopic (exact) mass is 513 g/mol. The molecule has 1 atom stereocenters. The second-order valence-corrected chi connectivity index (χ2v) is 8.61. The van der Waals surface area contributed by atoms with Crippen LogP contribution in [0.3, 0.4) is 0 Å². The van der Waals surface area contributed by atoms with E-state index in [1.54, 1.807) is 36.4 Å². The highest BCUT2D eigenvalue weighted by Gasteiger charge is 2.48. The number of nitrogens with zero attached hydrogens (tertiary/aromatic N) is 2. The number of amides is 1. The molecule has 3 N–H and O–H groups in total. The molecule has 0 spiro atoms. The maximum atomic E-state index is 13.4. The number of ketones is 1. The topological polar surface area (TPSA) is 151 Å². The number of fused-ring (bicyclic) bond motifs is 2. The van der Waals surface area contributed by atoms with Gasteiger partial charge in [-0.15, -0.1) is 0 Å². The molecule has 1 saturated heterocycles. The lowest BCUT2D eigenvalue weighted by Gasteiger charge is -2.23. The van der Waals surface area contributed by atoms with Gasteiger partial charge < -0.3 is 29.4 Å². The molecule has 3 aromatic carbocycles. The van der Waals surface area contributed by atoms with E-state index < -0.39 is 29.5 Å². The summed E-state index contributed by atoms with van der Waals surface area (Å²) in [5.41, 5.74) is 1.43. The highest BCUT2D eigenvalue weighted by atomic mass is 16.7. The fourth-order valence-electron chi connectivity index (χ4n) is 4.60. The Kier molecular flexibility index (Phi) is 5.26. The van der Waals surface area contributed by atoms with E-state index in [1.165, 1.54) is 31.4 Å². The molecule has 4 aromatic rings. The number of aromatic amines is 1. The van der Waals surface area contributed by atoms with E-state index in [9.17, 15) is 24.6 Å². The molecule has 0 radical (unpaired) electrons. The van der Waals surface area contributed by atoms with Gasteiger partial charge in [-0.1, -0.05) is 12.1 Å². The van der Waals surface area contributed by atoms with Crippen LogP contribution in [-0.2, 0) is 9.59 Å². The van der Waals surface area contributed by atoms with Crippen LogP contribution >= 0.6 is 0 Å². The van der Waals surface area contributed by atoms with Crippen LogP contribution in [-0.4, -0.2) is 51.7 Å². The molecule has 6 rings (SSSR count). The number of carboxylic acid groups (broad SMARTS) is 1. The molecule has 0 saturated carbocycles. The van der Waals surface area contributed by atoms with Gasteiger partial charge in [0.25, 0.3) is 5.78 Å². The van der Waals surface area contributed by atoms with Crippen LogP contribution in [0.15, 0.2) is 66.2 Å². The van der Waals surface area contributed by atoms with Gasteiger partial charge in [0.2, 0.25) is 12.7 Å². The Hall–Kier alpha value is -5.32. The average molecular weight is 513 g/mol. The third-order valence-corrected chi connectivity index (χ3v) is 6.47. The maximum Gasteiger partial charge on any atom is 0.335 e. The van der Waals surface area contributed by atoms with E-state index >= 15 is 0 Å². The molecule has 11 heteroatoms. The summed E-state index contributed by atoms with van der Waals surface area (Å²) < 4.78 is 16.0. The van der Waals surface area contributed by atoms with Crippen molar-refractivity contribution in [2.75, 3.05) is 18.8 Å². The number of carbonyl (C=O) groups excluding carboxylic acids is 2. The SMILES string of the molecule is COc1ccc(C2/C(=C(\O)c3ccc4c(c3)OCO4)C(=O)C(=O)N2c2nc3ccc(C(=O)O)cc3[nH]2)cc1. The molecule has 11 nitrogen and oxygen atoms in total. The van der Waals surface area contributed by atoms with Crippen molar-refractivity contribution in [3.63, 3.8) is 0 Å². The summed E-state index contributed by atoms with van der Waals surface area (Å²) >= 11 is 0. The number of nitrogens with one attached hydrogen (secondary N) is 1. The number of methoxy groups -OCH3 is 1. The molecule has 2 aliphatic rings. The van der Waals surface area contributed by atoms with Gasteiger partial charge in [0.1, 0.15) is 11.5 Å². The Bertz CT molecular complexity index is 1670. The molecule has 1 aromatic heterocycles. The van der Waals surface area contributed by atoms with Crippen molar-refractivity contribution in [3.05, 3.63) is 82.9 Å². The quantitative estimate of drug-likeness (QED) is 0.206. The van der Waals surface area contributed by atoms with Gasteiger partial charge >= 0.3 is 11.9 Å². The van der Waals surface area contributed by atoms with E-state index in [0.717, 1.165) is 4.90 Å². The van der Waals surface area contributed by atoms with E-state index in [0.29, 0.717) is 33.8 Å². The predicted octanol–water partition coefficient (Wildman–Crippen LogP) is 3.62. The molecule has 0 bridgehead atoms. The van der Waals surface area contributed by atoms with E-state index in [1.807, 2.05) is 0 Å². The van der Waals surface area contributed by atoms with E-state index in [2.05, 4.69) is 9.97 Å². The summed E-state index contributed by atoms with van der Waals surface area (Å²) in [6.45, 7) is 0.0332. The van der Waals surface area contributed by atoms with Crippen molar-refractivity contribution in [1.29, 1.82) is 0 Å². The number of H-pyrrole nitrogens is 1. The maximum absolute atomic E-state index is 13.4. The van der Waals surface area contributed by atoms with Gasteiger partial charge in [-0.25, -0.2) is 9.78 Å². The van der Waals surface area contributed by atoms with Crippen LogP contribution in [0.1, 0.15) is 27.5 Å². The number of hydrogen-bond donors (Lipinski definition) is 3. The summed E-state index contributed by atoms with van der Waals surface area (Å²) in [4.78, 5) is 46.8. The zero-order valence-corrected chi connectivity index (χ0v) is 19.8. The zero-order valence-electron chi connectivity index (χ0n) is 19.8. The summed E-state index contributed by atoms with van der Waals surface area (Å²) in [5, 5.41) is 20.7. The van der Waals surface area contributed by atoms with Crippen LogP contribution in [0.4, 0.5) is 5.95 Å². The molecular weight excluding hydrogens is 494 g/mol. The fraction of sp³-hybridized carbons (Fsp3) is 0.111. The van der Waals surface area contributed by atoms with Crippen molar-refractivity contribution < 1.29 is 38.8 Å². The van der Waals surface area contributed by atoms with Gasteiger partial charge in [0.15, 0.2) is 11.5 Å². The minimum absolute atomic E-state index is 0.0233. The molecule has 1 amide bonds. The van der Waals surface area contributed by atoms with Crippen LogP contribution in [0.25, 0.3) is 16.8 Å². The summed E-state index contributed by atoms with van der Waals surface area (Å²) in [5.74, 6) is -1.85. The molecule has 3 heterocycles. The number of rotatable bonds is 5. The standard InChI is InChI=1S/C27H19N3O8/c1-36-16-6-2-13(3-7-16)22-21(23(31)14-5-9-19-20(11-14)38-12-37-19)24(32)25(33)30(22)27-28-17-8-4-15(26(34)35)10-18(17)29-27/h2-11,22,31H,12H2,1H3,(H,28,29)(H,34,35)/b23-21+. The van der Waals surface area contributed by atoms with Crippen LogP contribution in [0, 0.1) is 0 Å². The number of carboxylic acids is 1. The lowest BCUT2D eigenvalue weighted by molar-refractivity contribution is -0.132. The van der Waals surface area contributed by atoms with Crippen molar-refractivity contribution in [1.82, 2.24) is 9.97 Å². The molecule has 190 valence electrons. The normalized spacial score (nSPS) is 17.8. The van der Waals surface area contributed by atoms with Gasteiger partial charge in [-0.05, 0) is 54.1 Å². The van der Waals surface area contributed by atoms with Crippen molar-refractivity contribution >= 4 is 40.4 Å². The van der Waals surface area contributed by atoms with Gasteiger partial charge in [-0.3, -0.25) is 14.5 Å². The Balaban J connectivity index is 1.53. The fourth-order valence-corrected chi connectivity index (χ4v) is 4.60. The number of hydrogen-bond acceptors (Lipinski definition) is 8. The number of aromatic carboxylic acids is 1. The number of aromatic nitrogens is 2. The Morgan fingerprint density at radius 3 is 2.47 bits per heavy atom. The van der Waals surface area contributed by atoms with E-state index in [-0.39, 0.29) is 29.4 Å². The number of benzene rings is 3. The number of anilines is 1. The Morgan fingerprint density at radius 1 is 1.00 bits per heavy atom. The van der Waals surface area contributed by atoms with E-state index in [4.69, 9.17) is 14.2 Å². The second kappa shape index (κ2) is 8.66. The first-order valence-corrected chi connectivity index (χ1v) is 11.4. The lowest BCUT2D eigenvalue weighted by atomic mass is 9.95. The number of aliphatic hydroxyl groups is 1. The first kappa shape index (κ1) is 23.1. The van der Waals surface area contributed by atoms with Crippen molar-refractivity contribution in [2.45, 2.75) is 6.04 Å². The molecule has 38 heavy (non-hydrogen) atoms. The third kappa shape index (κ3) is 3.60. The van der Waals surface area contributed by atoms with Crippen LogP contribution in [0.5, 0.6) is 17.2 Å². The number of carbonyl (C=O) groups is 3. The Morgan fingerprint density at radius 2 is 1.74 bits per heavy atom. The summed E-state index contributed by atoms with van der Waals surface area (Å²) in [6.07, 6.45) is 0. The lowest BCUT2D eigenvalue weighted by Crippen LogP contribution is -2.30. The Labute approximate surface area is 214 Å². The third-order valence-electron chi connectivity index (χ3n) is 6.47. The van der Waals surface area contributed by atoms with Crippen LogP contribution in [0.2, 0.25) is 0 Å². The molecule has 0 aliphatic carbocycles. The van der Waals surface area contributed by atoms with Crippen molar-refractivity contribution in [2.24, 2.45) is 0 Å². The highest BCUT2D eigenvalue weighted by Crippen LogP contribution is 2.43. The highest BCUT2D eigenvalue weighted by molar-refractivity contribution is 6.51. The van der Waals surface area contributed by atoms with Crippen molar-refractivity contribution in [3.8, 4) is 17.2 Å². The largest absolute Gasteiger partial charge is 0.507 e. The number of aliphatic hydroxyl groups excluding tert-OH is 1. The summed E-state index contributed by atoms with van der Waals surface area (Å²) in [6, 6.07) is 14.7. The van der Waals surface area contributed by atoms with Gasteiger partial charge in [0, 0.05) is 5.56 Å². The first-order chi connectivity index (χ1) is 18.4. The minimum atomic E-state index is -1.12. The molecule has 2 aliphatic heterocycles. The second-order valence-electron chi connectivity index (χ2n) is 8.61. The summed E-state index contributed by atoms with van der Waals surface area (Å²) in [7, 11) is 1.51. The number of ether oxygens (including phenoxy) is 3. The molecule has 1 unspecified atom stereocenters. The first-order valence-electron chi connectivity index (χ1n) is 11.4. The van der Waals surface area contributed by atoms with Gasteiger partial charge in [-0.2, -0.15) is 0 Å². The zero-order chi connectivity index (χ0) is 26.6. The number of Topliss-reactive ketones (excluding diaryl/α,β-unsaturated/α-hetero) is 1. The molecular formula is C27H19N3O8.